The number of carbonyl (C=O) groups is 2. The standard InChI is InChI=1S/C26H22FN3O2S/c1-15-23(26(32)30-19-7-2-6-18(27)13-19)24(16-5-3-9-28-14-16)25-20(29-15)11-17(12-21(25)31)22-8-4-10-33-22/h2-10,13-14,17,24,29H,11-12H2,1H3,(H,30,32)/t17-,24-/m1/s1. The first-order valence-corrected chi connectivity index (χ1v) is 11.6. The molecule has 1 amide bonds. The van der Waals surface area contributed by atoms with Crippen LogP contribution < -0.4 is 10.6 Å². The Bertz CT molecular complexity index is 1280. The minimum Gasteiger partial charge on any atom is -0.362 e. The Morgan fingerprint density at radius 3 is 2.79 bits per heavy atom. The molecule has 166 valence electrons. The van der Waals surface area contributed by atoms with Crippen molar-refractivity contribution in [3.63, 3.8) is 0 Å². The predicted molar refractivity (Wildman–Crippen MR) is 126 cm³/mol. The van der Waals surface area contributed by atoms with Gasteiger partial charge < -0.3 is 10.6 Å². The molecule has 2 aromatic heterocycles. The third kappa shape index (κ3) is 4.12. The van der Waals surface area contributed by atoms with Crippen LogP contribution in [0.3, 0.4) is 0 Å². The van der Waals surface area contributed by atoms with Gasteiger partial charge in [-0.25, -0.2) is 4.39 Å². The Labute approximate surface area is 195 Å². The predicted octanol–water partition coefficient (Wildman–Crippen LogP) is 5.28. The van der Waals surface area contributed by atoms with E-state index >= 15 is 0 Å². The van der Waals surface area contributed by atoms with Crippen LogP contribution in [0.25, 0.3) is 0 Å². The minimum atomic E-state index is -0.541. The van der Waals surface area contributed by atoms with Crippen molar-refractivity contribution >= 4 is 28.7 Å². The molecule has 0 spiro atoms. The molecular weight excluding hydrogens is 437 g/mol. The SMILES string of the molecule is CC1=C(C(=O)Nc2cccc(F)c2)[C@@H](c2cccnc2)C2=C(C[C@@H](c3cccs3)CC2=O)N1. The lowest BCUT2D eigenvalue weighted by atomic mass is 9.73. The smallest absolute Gasteiger partial charge is 0.254 e. The van der Waals surface area contributed by atoms with Crippen LogP contribution in [0.4, 0.5) is 10.1 Å². The van der Waals surface area contributed by atoms with Crippen molar-refractivity contribution in [2.75, 3.05) is 5.32 Å². The van der Waals surface area contributed by atoms with Crippen molar-refractivity contribution in [1.29, 1.82) is 0 Å². The Morgan fingerprint density at radius 1 is 1.18 bits per heavy atom. The van der Waals surface area contributed by atoms with Gasteiger partial charge in [-0.2, -0.15) is 0 Å². The number of pyridine rings is 1. The highest BCUT2D eigenvalue weighted by atomic mass is 32.1. The topological polar surface area (TPSA) is 71.1 Å². The van der Waals surface area contributed by atoms with Gasteiger partial charge in [-0.3, -0.25) is 14.6 Å². The van der Waals surface area contributed by atoms with Crippen molar-refractivity contribution in [3.8, 4) is 0 Å². The number of hydrogen-bond acceptors (Lipinski definition) is 5. The number of carbonyl (C=O) groups excluding carboxylic acids is 2. The Kier molecular flexibility index (Phi) is 5.64. The van der Waals surface area contributed by atoms with E-state index in [2.05, 4.69) is 21.7 Å². The molecule has 5 nitrogen and oxygen atoms in total. The summed E-state index contributed by atoms with van der Waals surface area (Å²) in [6.45, 7) is 1.84. The minimum absolute atomic E-state index is 0.0274. The maximum absolute atomic E-state index is 13.7. The molecule has 0 fully saturated rings. The van der Waals surface area contributed by atoms with Crippen molar-refractivity contribution in [2.24, 2.45) is 0 Å². The average Bonchev–Trinajstić information content (AvgIpc) is 3.33. The lowest BCUT2D eigenvalue weighted by Gasteiger charge is -2.36. The van der Waals surface area contributed by atoms with Gasteiger partial charge in [-0.1, -0.05) is 18.2 Å². The van der Waals surface area contributed by atoms with E-state index < -0.39 is 11.7 Å². The molecule has 0 bridgehead atoms. The lowest BCUT2D eigenvalue weighted by molar-refractivity contribution is -0.116. The number of allylic oxidation sites excluding steroid dienone is 3. The van der Waals surface area contributed by atoms with Crippen LogP contribution in [0.2, 0.25) is 0 Å². The second kappa shape index (κ2) is 8.75. The van der Waals surface area contributed by atoms with E-state index in [-0.39, 0.29) is 17.6 Å². The van der Waals surface area contributed by atoms with Crippen LogP contribution in [0, 0.1) is 5.82 Å². The van der Waals surface area contributed by atoms with Gasteiger partial charge in [0.2, 0.25) is 0 Å². The quantitative estimate of drug-likeness (QED) is 0.557. The summed E-state index contributed by atoms with van der Waals surface area (Å²) < 4.78 is 13.7. The van der Waals surface area contributed by atoms with Crippen LogP contribution in [0.5, 0.6) is 0 Å². The molecule has 2 N–H and O–H groups in total. The largest absolute Gasteiger partial charge is 0.362 e. The molecule has 7 heteroatoms. The molecule has 1 aromatic carbocycles. The van der Waals surface area contributed by atoms with Gasteiger partial charge >= 0.3 is 0 Å². The van der Waals surface area contributed by atoms with Crippen LogP contribution in [0.1, 0.15) is 42.0 Å². The van der Waals surface area contributed by atoms with Crippen molar-refractivity contribution in [2.45, 2.75) is 31.6 Å². The molecule has 0 saturated heterocycles. The number of anilines is 1. The highest BCUT2D eigenvalue weighted by Crippen LogP contribution is 2.46. The number of amides is 1. The fraction of sp³-hybridized carbons (Fsp3) is 0.192. The summed E-state index contributed by atoms with van der Waals surface area (Å²) in [5.41, 5.74) is 3.73. The molecule has 0 unspecified atom stereocenters. The molecule has 5 rings (SSSR count). The third-order valence-electron chi connectivity index (χ3n) is 6.12. The average molecular weight is 460 g/mol. The number of rotatable bonds is 4. The first-order chi connectivity index (χ1) is 16.0. The number of nitrogens with one attached hydrogen (secondary N) is 2. The Balaban J connectivity index is 1.55. The first kappa shape index (κ1) is 21.3. The van der Waals surface area contributed by atoms with Gasteiger partial charge in [0.1, 0.15) is 5.82 Å². The van der Waals surface area contributed by atoms with Gasteiger partial charge in [0.15, 0.2) is 5.78 Å². The number of thiophene rings is 1. The highest BCUT2D eigenvalue weighted by Gasteiger charge is 2.41. The van der Waals surface area contributed by atoms with E-state index in [4.69, 9.17) is 0 Å². The van der Waals surface area contributed by atoms with Crippen LogP contribution in [-0.2, 0) is 9.59 Å². The highest BCUT2D eigenvalue weighted by molar-refractivity contribution is 7.10. The van der Waals surface area contributed by atoms with E-state index in [9.17, 15) is 14.0 Å². The van der Waals surface area contributed by atoms with E-state index in [1.807, 2.05) is 24.4 Å². The molecule has 33 heavy (non-hydrogen) atoms. The van der Waals surface area contributed by atoms with Crippen LogP contribution >= 0.6 is 11.3 Å². The summed E-state index contributed by atoms with van der Waals surface area (Å²) in [7, 11) is 0. The van der Waals surface area contributed by atoms with Gasteiger partial charge in [-0.05, 0) is 54.6 Å². The summed E-state index contributed by atoms with van der Waals surface area (Å²) in [6, 6.07) is 13.5. The molecule has 3 heterocycles. The summed E-state index contributed by atoms with van der Waals surface area (Å²) in [6.07, 6.45) is 4.46. The van der Waals surface area contributed by atoms with Crippen LogP contribution in [0.15, 0.2) is 88.8 Å². The molecule has 2 atom stereocenters. The molecule has 0 radical (unpaired) electrons. The summed E-state index contributed by atoms with van der Waals surface area (Å²) in [4.78, 5) is 32.3. The second-order valence-corrected chi connectivity index (χ2v) is 9.26. The van der Waals surface area contributed by atoms with E-state index in [1.165, 1.54) is 17.0 Å². The zero-order valence-corrected chi connectivity index (χ0v) is 18.8. The van der Waals surface area contributed by atoms with E-state index in [0.717, 1.165) is 11.3 Å². The summed E-state index contributed by atoms with van der Waals surface area (Å²) in [5.74, 6) is -1.20. The molecule has 2 aliphatic rings. The van der Waals surface area contributed by atoms with Gasteiger partial charge in [-0.15, -0.1) is 11.3 Å². The van der Waals surface area contributed by atoms with Gasteiger partial charge in [0.25, 0.3) is 5.91 Å². The normalized spacial score (nSPS) is 20.4. The number of ketones is 1. The molecule has 0 saturated carbocycles. The third-order valence-corrected chi connectivity index (χ3v) is 7.15. The van der Waals surface area contributed by atoms with Gasteiger partial charge in [0.05, 0.1) is 0 Å². The molecule has 3 aromatic rings. The Hall–Kier alpha value is -3.58. The number of benzene rings is 1. The number of Topliss-reactive ketones (excluding diaryl/α,β-unsaturated/α-hetero) is 1. The maximum atomic E-state index is 13.7. The molecule has 1 aliphatic heterocycles. The number of halogens is 1. The first-order valence-electron chi connectivity index (χ1n) is 10.8. The van der Waals surface area contributed by atoms with E-state index in [0.29, 0.717) is 35.4 Å². The number of dihydropyridines is 1. The maximum Gasteiger partial charge on any atom is 0.254 e. The number of nitrogens with zero attached hydrogens (tertiary/aromatic N) is 1. The van der Waals surface area contributed by atoms with Gasteiger partial charge in [0, 0.05) is 63.8 Å². The molecular formula is C26H22FN3O2S. The second-order valence-electron chi connectivity index (χ2n) is 8.28. The summed E-state index contributed by atoms with van der Waals surface area (Å²) in [5, 5.41) is 8.18. The van der Waals surface area contributed by atoms with Crippen LogP contribution in [-0.4, -0.2) is 16.7 Å². The Morgan fingerprint density at radius 2 is 2.06 bits per heavy atom. The number of aromatic nitrogens is 1. The van der Waals surface area contributed by atoms with Crippen molar-refractivity contribution in [1.82, 2.24) is 10.3 Å². The van der Waals surface area contributed by atoms with Crippen molar-refractivity contribution < 1.29 is 14.0 Å². The fourth-order valence-corrected chi connectivity index (χ4v) is 5.54. The summed E-state index contributed by atoms with van der Waals surface area (Å²) >= 11 is 1.66. The lowest BCUT2D eigenvalue weighted by Crippen LogP contribution is -2.37. The fourth-order valence-electron chi connectivity index (χ4n) is 4.71. The monoisotopic (exact) mass is 459 g/mol. The number of hydrogen-bond donors (Lipinski definition) is 2. The zero-order valence-electron chi connectivity index (χ0n) is 18.0. The van der Waals surface area contributed by atoms with Crippen molar-refractivity contribution in [3.05, 3.63) is 105 Å². The molecule has 1 aliphatic carbocycles. The van der Waals surface area contributed by atoms with E-state index in [1.54, 1.807) is 41.9 Å². The zero-order chi connectivity index (χ0) is 22.9.